The first kappa shape index (κ1) is 24.6. The van der Waals surface area contributed by atoms with Gasteiger partial charge >= 0.3 is 6.03 Å². The van der Waals surface area contributed by atoms with Gasteiger partial charge in [0.25, 0.3) is 0 Å². The number of carbonyl (C=O) groups excluding carboxylic acids is 2. The first-order chi connectivity index (χ1) is 16.1. The third-order valence-corrected chi connectivity index (χ3v) is 5.68. The van der Waals surface area contributed by atoms with Gasteiger partial charge in [-0.3, -0.25) is 4.79 Å². The van der Waals surface area contributed by atoms with E-state index >= 15 is 0 Å². The average molecular weight is 465 g/mol. The summed E-state index contributed by atoms with van der Waals surface area (Å²) >= 11 is 0. The number of anilines is 1. The van der Waals surface area contributed by atoms with E-state index in [2.05, 4.69) is 17.2 Å². The summed E-state index contributed by atoms with van der Waals surface area (Å²) in [6.45, 7) is 5.44. The normalized spacial score (nSPS) is 18.6. The number of nitrogens with zero attached hydrogens (tertiary/aromatic N) is 2. The Balaban J connectivity index is 1.95. The predicted molar refractivity (Wildman–Crippen MR) is 128 cm³/mol. The molecule has 6 nitrogen and oxygen atoms in total. The van der Waals surface area contributed by atoms with Crippen molar-refractivity contribution in [2.24, 2.45) is 0 Å². The summed E-state index contributed by atoms with van der Waals surface area (Å²) in [6, 6.07) is 10.1. The second kappa shape index (κ2) is 9.87. The van der Waals surface area contributed by atoms with Crippen LogP contribution in [0.25, 0.3) is 0 Å². The zero-order valence-electron chi connectivity index (χ0n) is 19.4. The Morgan fingerprint density at radius 1 is 1.12 bits per heavy atom. The van der Waals surface area contributed by atoms with E-state index in [1.165, 1.54) is 11.9 Å². The molecule has 2 aromatic rings. The molecule has 1 saturated heterocycles. The van der Waals surface area contributed by atoms with Gasteiger partial charge in [-0.15, -0.1) is 0 Å². The van der Waals surface area contributed by atoms with Crippen LogP contribution in [-0.2, 0) is 4.79 Å². The van der Waals surface area contributed by atoms with Gasteiger partial charge in [-0.05, 0) is 45.0 Å². The standard InChI is InChI=1S/C26H26F2N4O2/c1-17(2)30-16-20(15-29)26(3)14-23(33)32(25(34)31(26)4)24-21(27)12-19(13-22(24)28)11-10-18-8-6-5-7-9-18/h5-9,12-13,15-17,29-30H,14H2,1-4H3/b20-16+,29-15?/t26-/m0/s1. The fourth-order valence-corrected chi connectivity index (χ4v) is 3.60. The number of urea groups is 1. The van der Waals surface area contributed by atoms with Crippen LogP contribution in [-0.4, -0.2) is 41.7 Å². The van der Waals surface area contributed by atoms with E-state index in [0.29, 0.717) is 16.0 Å². The van der Waals surface area contributed by atoms with E-state index in [1.807, 2.05) is 19.9 Å². The highest BCUT2D eigenvalue weighted by Crippen LogP contribution is 2.36. The lowest BCUT2D eigenvalue weighted by Crippen LogP contribution is -2.62. The number of halogens is 2. The van der Waals surface area contributed by atoms with Crippen LogP contribution >= 0.6 is 0 Å². The Labute approximate surface area is 197 Å². The number of likely N-dealkylation sites (N-methyl/N-ethyl adjacent to an activating group) is 1. The number of nitrogens with one attached hydrogen (secondary N) is 2. The summed E-state index contributed by atoms with van der Waals surface area (Å²) in [5.41, 5.74) is -0.766. The molecule has 1 aliphatic heterocycles. The highest BCUT2D eigenvalue weighted by Gasteiger charge is 2.48. The first-order valence-electron chi connectivity index (χ1n) is 10.7. The Bertz CT molecular complexity index is 1190. The molecule has 3 amide bonds. The average Bonchev–Trinajstić information content (AvgIpc) is 2.79. The molecule has 1 atom stereocenters. The number of rotatable bonds is 5. The topological polar surface area (TPSA) is 76.5 Å². The summed E-state index contributed by atoms with van der Waals surface area (Å²) in [5, 5.41) is 10.8. The molecule has 1 fully saturated rings. The smallest absolute Gasteiger partial charge is 0.332 e. The maximum atomic E-state index is 15.0. The van der Waals surface area contributed by atoms with E-state index < -0.39 is 34.8 Å². The van der Waals surface area contributed by atoms with Crippen LogP contribution in [0.15, 0.2) is 54.2 Å². The van der Waals surface area contributed by atoms with Gasteiger partial charge in [0.05, 0.1) is 12.0 Å². The van der Waals surface area contributed by atoms with Crippen LogP contribution in [0, 0.1) is 28.9 Å². The Hall–Kier alpha value is -3.99. The Kier molecular flexibility index (Phi) is 7.16. The van der Waals surface area contributed by atoms with E-state index in [-0.39, 0.29) is 18.0 Å². The zero-order chi connectivity index (χ0) is 25.0. The summed E-state index contributed by atoms with van der Waals surface area (Å²) in [5.74, 6) is 2.60. The number of carbonyl (C=O) groups is 2. The molecule has 0 aromatic heterocycles. The molecular formula is C26H26F2N4O2. The molecule has 2 N–H and O–H groups in total. The minimum atomic E-state index is -1.16. The van der Waals surface area contributed by atoms with Crippen molar-refractivity contribution >= 4 is 23.8 Å². The summed E-state index contributed by atoms with van der Waals surface area (Å²) < 4.78 is 30.0. The molecule has 8 heteroatoms. The molecule has 0 unspecified atom stereocenters. The van der Waals surface area contributed by atoms with Crippen molar-refractivity contribution in [2.75, 3.05) is 11.9 Å². The minimum absolute atomic E-state index is 0.0713. The molecule has 34 heavy (non-hydrogen) atoms. The fraction of sp³-hybridized carbons (Fsp3) is 0.269. The number of hydrogen-bond donors (Lipinski definition) is 2. The largest absolute Gasteiger partial charge is 0.388 e. The van der Waals surface area contributed by atoms with Gasteiger partial charge in [0.1, 0.15) is 5.69 Å². The number of hydrogen-bond acceptors (Lipinski definition) is 4. The van der Waals surface area contributed by atoms with Gasteiger partial charge in [0.2, 0.25) is 5.91 Å². The van der Waals surface area contributed by atoms with Crippen LogP contribution in [0.2, 0.25) is 0 Å². The lowest BCUT2D eigenvalue weighted by Gasteiger charge is -2.46. The molecule has 176 valence electrons. The third kappa shape index (κ3) is 4.84. The van der Waals surface area contributed by atoms with E-state index in [4.69, 9.17) is 5.41 Å². The molecule has 1 heterocycles. The summed E-state index contributed by atoms with van der Waals surface area (Å²) in [4.78, 5) is 27.9. The van der Waals surface area contributed by atoms with Crippen molar-refractivity contribution in [1.82, 2.24) is 10.2 Å². The number of benzene rings is 2. The fourth-order valence-electron chi connectivity index (χ4n) is 3.60. The molecule has 0 spiro atoms. The maximum absolute atomic E-state index is 15.0. The van der Waals surface area contributed by atoms with Gasteiger partial charge in [-0.1, -0.05) is 30.0 Å². The zero-order valence-corrected chi connectivity index (χ0v) is 19.4. The van der Waals surface area contributed by atoms with Crippen LogP contribution in [0.5, 0.6) is 0 Å². The van der Waals surface area contributed by atoms with Crippen LogP contribution in [0.4, 0.5) is 19.3 Å². The molecular weight excluding hydrogens is 438 g/mol. The van der Waals surface area contributed by atoms with E-state index in [9.17, 15) is 18.4 Å². The monoisotopic (exact) mass is 464 g/mol. The lowest BCUT2D eigenvalue weighted by molar-refractivity contribution is -0.121. The van der Waals surface area contributed by atoms with Gasteiger partial charge in [0, 0.05) is 42.2 Å². The molecule has 0 saturated carbocycles. The minimum Gasteiger partial charge on any atom is -0.388 e. The van der Waals surface area contributed by atoms with Crippen LogP contribution < -0.4 is 10.2 Å². The SMILES string of the molecule is CC(C)N/C=C(\C=N)[C@]1(C)CC(=O)N(c2c(F)cc(C#Cc3ccccc3)cc2F)C(=O)N1C. The lowest BCUT2D eigenvalue weighted by atomic mass is 9.85. The summed E-state index contributed by atoms with van der Waals surface area (Å²) in [6.07, 6.45) is 2.37. The molecule has 0 bridgehead atoms. The van der Waals surface area contributed by atoms with Crippen molar-refractivity contribution in [3.8, 4) is 11.8 Å². The number of imide groups is 1. The Morgan fingerprint density at radius 2 is 1.71 bits per heavy atom. The molecule has 1 aliphatic rings. The second-order valence-corrected chi connectivity index (χ2v) is 8.49. The van der Waals surface area contributed by atoms with Crippen molar-refractivity contribution in [1.29, 1.82) is 5.41 Å². The third-order valence-electron chi connectivity index (χ3n) is 5.68. The van der Waals surface area contributed by atoms with Gasteiger partial charge in [-0.25, -0.2) is 18.5 Å². The Morgan fingerprint density at radius 3 is 2.26 bits per heavy atom. The highest BCUT2D eigenvalue weighted by molar-refractivity contribution is 6.17. The van der Waals surface area contributed by atoms with Crippen LogP contribution in [0.3, 0.4) is 0 Å². The van der Waals surface area contributed by atoms with Crippen molar-refractivity contribution in [3.05, 3.63) is 77.0 Å². The summed E-state index contributed by atoms with van der Waals surface area (Å²) in [7, 11) is 1.43. The predicted octanol–water partition coefficient (Wildman–Crippen LogP) is 4.44. The van der Waals surface area contributed by atoms with Crippen molar-refractivity contribution < 1.29 is 18.4 Å². The van der Waals surface area contributed by atoms with E-state index in [1.54, 1.807) is 37.4 Å². The van der Waals surface area contributed by atoms with E-state index in [0.717, 1.165) is 18.3 Å². The highest BCUT2D eigenvalue weighted by atomic mass is 19.1. The molecule has 2 aromatic carbocycles. The van der Waals surface area contributed by atoms with Crippen molar-refractivity contribution in [3.63, 3.8) is 0 Å². The first-order valence-corrected chi connectivity index (χ1v) is 10.7. The quantitative estimate of drug-likeness (QED) is 0.507. The van der Waals surface area contributed by atoms with Gasteiger partial charge in [0.15, 0.2) is 11.6 Å². The molecule has 0 aliphatic carbocycles. The molecule has 0 radical (unpaired) electrons. The second-order valence-electron chi connectivity index (χ2n) is 8.49. The molecule has 3 rings (SSSR count). The maximum Gasteiger partial charge on any atom is 0.332 e. The van der Waals surface area contributed by atoms with Gasteiger partial charge in [-0.2, -0.15) is 0 Å². The number of amides is 3. The van der Waals surface area contributed by atoms with Crippen molar-refractivity contribution in [2.45, 2.75) is 38.8 Å². The van der Waals surface area contributed by atoms with Gasteiger partial charge < -0.3 is 15.6 Å². The van der Waals surface area contributed by atoms with Crippen LogP contribution in [0.1, 0.15) is 38.3 Å².